The van der Waals surface area contributed by atoms with Crippen molar-refractivity contribution in [1.29, 1.82) is 0 Å². The fraction of sp³-hybridized carbons (Fsp3) is 0.538. The van der Waals surface area contributed by atoms with Crippen molar-refractivity contribution < 1.29 is 4.74 Å². The molecule has 0 unspecified atom stereocenters. The van der Waals surface area contributed by atoms with Crippen molar-refractivity contribution in [2.75, 3.05) is 32.6 Å². The second-order valence-corrected chi connectivity index (χ2v) is 5.21. The first kappa shape index (κ1) is 14.1. The summed E-state index contributed by atoms with van der Waals surface area (Å²) in [6.07, 6.45) is 0. The lowest BCUT2D eigenvalue weighted by molar-refractivity contribution is 0.414. The highest BCUT2D eigenvalue weighted by atomic mass is 35.5. The number of likely N-dealkylation sites (N-methyl/N-ethyl adjacent to an activating group) is 2. The van der Waals surface area contributed by atoms with E-state index in [4.69, 9.17) is 16.3 Å². The number of ether oxygens (including phenoxy) is 1. The Morgan fingerprint density at radius 1 is 1.41 bits per heavy atom. The molecule has 0 heterocycles. The van der Waals surface area contributed by atoms with Crippen LogP contribution in [0.1, 0.15) is 13.8 Å². The Labute approximate surface area is 109 Å². The minimum atomic E-state index is 0.0397. The summed E-state index contributed by atoms with van der Waals surface area (Å²) in [4.78, 5) is 2.14. The number of halogens is 1. The molecule has 0 saturated carbocycles. The van der Waals surface area contributed by atoms with Gasteiger partial charge >= 0.3 is 0 Å². The Hall–Kier alpha value is -0.930. The first-order valence-electron chi connectivity index (χ1n) is 5.63. The van der Waals surface area contributed by atoms with E-state index in [1.807, 2.05) is 32.3 Å². The van der Waals surface area contributed by atoms with Gasteiger partial charge < -0.3 is 15.0 Å². The summed E-state index contributed by atoms with van der Waals surface area (Å²) in [7, 11) is 5.63. The molecule has 1 N–H and O–H groups in total. The molecule has 0 atom stereocenters. The molecule has 0 aliphatic heterocycles. The Kier molecular flexibility index (Phi) is 4.66. The monoisotopic (exact) mass is 256 g/mol. The van der Waals surface area contributed by atoms with Crippen LogP contribution in [0.3, 0.4) is 0 Å². The van der Waals surface area contributed by atoms with Crippen LogP contribution in [0.25, 0.3) is 0 Å². The van der Waals surface area contributed by atoms with Gasteiger partial charge in [0, 0.05) is 25.2 Å². The molecule has 0 saturated heterocycles. The molecule has 1 aromatic rings. The highest BCUT2D eigenvalue weighted by molar-refractivity contribution is 6.33. The van der Waals surface area contributed by atoms with Crippen LogP contribution >= 0.6 is 11.6 Å². The van der Waals surface area contributed by atoms with Crippen molar-refractivity contribution >= 4 is 17.3 Å². The Bertz CT molecular complexity index is 380. The van der Waals surface area contributed by atoms with Crippen LogP contribution in [0.15, 0.2) is 18.2 Å². The van der Waals surface area contributed by atoms with E-state index in [1.165, 1.54) is 0 Å². The summed E-state index contributed by atoms with van der Waals surface area (Å²) in [6.45, 7) is 5.18. The normalized spacial score (nSPS) is 11.4. The molecule has 17 heavy (non-hydrogen) atoms. The molecule has 96 valence electrons. The lowest BCUT2D eigenvalue weighted by Gasteiger charge is -2.31. The third kappa shape index (κ3) is 3.79. The van der Waals surface area contributed by atoms with E-state index in [1.54, 1.807) is 7.11 Å². The van der Waals surface area contributed by atoms with E-state index in [-0.39, 0.29) is 5.54 Å². The van der Waals surface area contributed by atoms with Gasteiger partial charge in [0.2, 0.25) is 0 Å². The smallest absolute Gasteiger partial charge is 0.120 e. The van der Waals surface area contributed by atoms with Crippen LogP contribution in [0.2, 0.25) is 5.02 Å². The van der Waals surface area contributed by atoms with Crippen LogP contribution in [0.4, 0.5) is 5.69 Å². The average Bonchev–Trinajstić information content (AvgIpc) is 2.28. The van der Waals surface area contributed by atoms with Crippen LogP contribution in [-0.4, -0.2) is 33.3 Å². The number of anilines is 1. The number of benzene rings is 1. The van der Waals surface area contributed by atoms with Crippen LogP contribution in [0, 0.1) is 0 Å². The van der Waals surface area contributed by atoms with Gasteiger partial charge in [-0.15, -0.1) is 0 Å². The van der Waals surface area contributed by atoms with Crippen LogP contribution in [-0.2, 0) is 0 Å². The zero-order valence-electron chi connectivity index (χ0n) is 11.2. The summed E-state index contributed by atoms with van der Waals surface area (Å²) in [5, 5.41) is 3.98. The first-order valence-corrected chi connectivity index (χ1v) is 6.01. The zero-order valence-corrected chi connectivity index (χ0v) is 11.9. The predicted molar refractivity (Wildman–Crippen MR) is 74.4 cm³/mol. The fourth-order valence-electron chi connectivity index (χ4n) is 1.68. The fourth-order valence-corrected chi connectivity index (χ4v) is 2.00. The number of hydrogen-bond acceptors (Lipinski definition) is 3. The summed E-state index contributed by atoms with van der Waals surface area (Å²) >= 11 is 6.23. The van der Waals surface area contributed by atoms with Crippen molar-refractivity contribution in [3.05, 3.63) is 23.2 Å². The van der Waals surface area contributed by atoms with Gasteiger partial charge in [0.1, 0.15) is 5.75 Å². The van der Waals surface area contributed by atoms with Gasteiger partial charge in [-0.25, -0.2) is 0 Å². The maximum absolute atomic E-state index is 6.23. The topological polar surface area (TPSA) is 24.5 Å². The Morgan fingerprint density at radius 2 is 2.06 bits per heavy atom. The van der Waals surface area contributed by atoms with Crippen molar-refractivity contribution in [2.45, 2.75) is 19.4 Å². The predicted octanol–water partition coefficient (Wildman–Crippen LogP) is 2.78. The lowest BCUT2D eigenvalue weighted by Crippen LogP contribution is -2.46. The van der Waals surface area contributed by atoms with Crippen molar-refractivity contribution in [1.82, 2.24) is 5.32 Å². The minimum absolute atomic E-state index is 0.0397. The van der Waals surface area contributed by atoms with Crippen molar-refractivity contribution in [3.8, 4) is 5.75 Å². The van der Waals surface area contributed by atoms with Gasteiger partial charge in [-0.05, 0) is 33.0 Å². The van der Waals surface area contributed by atoms with Gasteiger partial charge in [-0.2, -0.15) is 0 Å². The molecule has 0 aliphatic carbocycles. The molecule has 3 nitrogen and oxygen atoms in total. The van der Waals surface area contributed by atoms with Crippen LogP contribution in [0.5, 0.6) is 5.75 Å². The number of nitrogens with zero attached hydrogens (tertiary/aromatic N) is 1. The van der Waals surface area contributed by atoms with Gasteiger partial charge in [-0.3, -0.25) is 0 Å². The minimum Gasteiger partial charge on any atom is -0.497 e. The van der Waals surface area contributed by atoms with E-state index in [2.05, 4.69) is 24.1 Å². The molecule has 0 fully saturated rings. The molecule has 0 radical (unpaired) electrons. The molecular formula is C13H21ClN2O. The largest absolute Gasteiger partial charge is 0.497 e. The molecule has 0 aliphatic rings. The molecule has 1 aromatic carbocycles. The number of rotatable bonds is 5. The molecule has 0 spiro atoms. The van der Waals surface area contributed by atoms with Crippen molar-refractivity contribution in [3.63, 3.8) is 0 Å². The Morgan fingerprint density at radius 3 is 2.53 bits per heavy atom. The maximum atomic E-state index is 6.23. The standard InChI is InChI=1S/C13H21ClN2O/c1-13(2,15-3)9-16(4)12-7-6-10(17-5)8-11(12)14/h6-8,15H,9H2,1-5H3. The second kappa shape index (κ2) is 5.61. The lowest BCUT2D eigenvalue weighted by atomic mass is 10.1. The van der Waals surface area contributed by atoms with Gasteiger partial charge in [0.25, 0.3) is 0 Å². The van der Waals surface area contributed by atoms with E-state index >= 15 is 0 Å². The third-order valence-electron chi connectivity index (χ3n) is 2.88. The van der Waals surface area contributed by atoms with E-state index in [0.29, 0.717) is 5.02 Å². The third-order valence-corrected chi connectivity index (χ3v) is 3.18. The van der Waals surface area contributed by atoms with Gasteiger partial charge in [0.15, 0.2) is 0 Å². The first-order chi connectivity index (χ1) is 7.89. The summed E-state index contributed by atoms with van der Waals surface area (Å²) in [6, 6.07) is 5.73. The van der Waals surface area contributed by atoms with E-state index in [0.717, 1.165) is 18.0 Å². The Balaban J connectivity index is 2.86. The molecular weight excluding hydrogens is 236 g/mol. The number of hydrogen-bond donors (Lipinski definition) is 1. The SMILES string of the molecule is CNC(C)(C)CN(C)c1ccc(OC)cc1Cl. The van der Waals surface area contributed by atoms with E-state index < -0.39 is 0 Å². The molecule has 0 amide bonds. The van der Waals surface area contributed by atoms with Crippen molar-refractivity contribution in [2.24, 2.45) is 0 Å². The summed E-state index contributed by atoms with van der Waals surface area (Å²) in [5.74, 6) is 0.778. The molecule has 0 bridgehead atoms. The van der Waals surface area contributed by atoms with Gasteiger partial charge in [-0.1, -0.05) is 11.6 Å². The van der Waals surface area contributed by atoms with E-state index in [9.17, 15) is 0 Å². The summed E-state index contributed by atoms with van der Waals surface area (Å²) in [5.41, 5.74) is 1.05. The van der Waals surface area contributed by atoms with Crippen LogP contribution < -0.4 is 15.0 Å². The molecule has 0 aromatic heterocycles. The maximum Gasteiger partial charge on any atom is 0.120 e. The number of nitrogens with one attached hydrogen (secondary N) is 1. The highest BCUT2D eigenvalue weighted by Crippen LogP contribution is 2.29. The average molecular weight is 257 g/mol. The molecule has 1 rings (SSSR count). The van der Waals surface area contributed by atoms with Gasteiger partial charge in [0.05, 0.1) is 17.8 Å². The second-order valence-electron chi connectivity index (χ2n) is 4.81. The zero-order chi connectivity index (χ0) is 13.1. The summed E-state index contributed by atoms with van der Waals surface area (Å²) < 4.78 is 5.14. The number of methoxy groups -OCH3 is 1. The molecule has 4 heteroatoms. The quantitative estimate of drug-likeness (QED) is 0.877. The highest BCUT2D eigenvalue weighted by Gasteiger charge is 2.18.